The summed E-state index contributed by atoms with van der Waals surface area (Å²) in [5.74, 6) is -0.354. The molecular formula is C45H44N3O2+3. The van der Waals surface area contributed by atoms with Gasteiger partial charge in [-0.2, -0.15) is 13.7 Å². The number of hydrogen-bond donors (Lipinski definition) is 0. The largest absolute Gasteiger partial charge is 0.461 e. The molecule has 0 aliphatic carbocycles. The van der Waals surface area contributed by atoms with Crippen molar-refractivity contribution in [3.05, 3.63) is 156 Å². The van der Waals surface area contributed by atoms with E-state index in [2.05, 4.69) is 169 Å². The number of ether oxygens (including phenoxy) is 1. The molecule has 0 spiro atoms. The Kier molecular flexibility index (Phi) is 9.23. The second kappa shape index (κ2) is 14.0. The van der Waals surface area contributed by atoms with Gasteiger partial charge in [-0.15, -0.1) is 0 Å². The van der Waals surface area contributed by atoms with Crippen molar-refractivity contribution >= 4 is 22.3 Å². The average molecular weight is 659 g/mol. The normalized spacial score (nSPS) is 14.3. The highest BCUT2D eigenvalue weighted by molar-refractivity contribution is 5.93. The molecule has 1 atom stereocenters. The van der Waals surface area contributed by atoms with Crippen LogP contribution in [0.25, 0.3) is 50.1 Å². The standard InChI is InChI=1S/C45H44N3O2/c1-31(2)20-21-32(3)38-29-42-39-17-8-7-14-35(39)27-33(4)47-23-11-10-19-41(47)36-15-12-16-37(28-36)44-40-18-9-6-13-34(40)22-24-46(44)25-26-48(42)43(30-38)45(49)50-5/h6-24,28-30,33H,25-27H2,1-5H3/q+3. The molecule has 248 valence electrons. The Bertz CT molecular complexity index is 2310. The summed E-state index contributed by atoms with van der Waals surface area (Å²) in [4.78, 5) is 13.7. The fourth-order valence-electron chi connectivity index (χ4n) is 7.22. The number of esters is 1. The molecule has 0 saturated heterocycles. The Hall–Kier alpha value is -5.68. The van der Waals surface area contributed by atoms with Gasteiger partial charge in [-0.25, -0.2) is 4.79 Å². The lowest BCUT2D eigenvalue weighted by molar-refractivity contribution is -0.768. The van der Waals surface area contributed by atoms with Gasteiger partial charge in [0.1, 0.15) is 0 Å². The van der Waals surface area contributed by atoms with Crippen LogP contribution in [0.4, 0.5) is 0 Å². The van der Waals surface area contributed by atoms with Gasteiger partial charge in [0.05, 0.1) is 12.5 Å². The number of hydrogen-bond acceptors (Lipinski definition) is 2. The van der Waals surface area contributed by atoms with Gasteiger partial charge in [0.15, 0.2) is 18.4 Å². The molecule has 4 heterocycles. The second-order valence-electron chi connectivity index (χ2n) is 13.5. The van der Waals surface area contributed by atoms with Crippen LogP contribution in [0.2, 0.25) is 0 Å². The van der Waals surface area contributed by atoms with Crippen molar-refractivity contribution in [3.8, 4) is 33.8 Å². The number of fused-ring (bicyclic) bond motifs is 11. The van der Waals surface area contributed by atoms with Gasteiger partial charge in [-0.1, -0.05) is 60.2 Å². The van der Waals surface area contributed by atoms with Gasteiger partial charge in [0.2, 0.25) is 30.2 Å². The Balaban J connectivity index is 1.54. The zero-order chi connectivity index (χ0) is 34.8. The van der Waals surface area contributed by atoms with E-state index in [-0.39, 0.29) is 12.0 Å². The third-order valence-corrected chi connectivity index (χ3v) is 9.79. The molecule has 3 aromatic carbocycles. The number of nitrogens with zero attached hydrogens (tertiary/aromatic N) is 3. The van der Waals surface area contributed by atoms with E-state index in [1.807, 2.05) is 6.07 Å². The molecule has 0 amide bonds. The molecular weight excluding hydrogens is 615 g/mol. The summed E-state index contributed by atoms with van der Waals surface area (Å²) in [6, 6.07) is 39.2. The highest BCUT2D eigenvalue weighted by Gasteiger charge is 2.31. The molecule has 1 aliphatic rings. The van der Waals surface area contributed by atoms with Crippen molar-refractivity contribution in [1.82, 2.24) is 0 Å². The van der Waals surface area contributed by atoms with Crippen LogP contribution < -0.4 is 13.7 Å². The van der Waals surface area contributed by atoms with E-state index >= 15 is 0 Å². The Morgan fingerprint density at radius 2 is 1.54 bits per heavy atom. The van der Waals surface area contributed by atoms with E-state index < -0.39 is 0 Å². The molecule has 7 rings (SSSR count). The summed E-state index contributed by atoms with van der Waals surface area (Å²) in [5, 5.41) is 2.37. The minimum Gasteiger partial charge on any atom is -0.461 e. The van der Waals surface area contributed by atoms with Crippen LogP contribution in [-0.4, -0.2) is 13.1 Å². The van der Waals surface area contributed by atoms with Crippen LogP contribution in [-0.2, 0) is 24.2 Å². The van der Waals surface area contributed by atoms with Gasteiger partial charge < -0.3 is 4.74 Å². The molecule has 1 aliphatic heterocycles. The van der Waals surface area contributed by atoms with Crippen LogP contribution in [0.1, 0.15) is 55.4 Å². The van der Waals surface area contributed by atoms with Gasteiger partial charge in [-0.3, -0.25) is 0 Å². The van der Waals surface area contributed by atoms with E-state index in [0.717, 1.165) is 40.1 Å². The van der Waals surface area contributed by atoms with E-state index in [0.29, 0.717) is 18.8 Å². The van der Waals surface area contributed by atoms with Gasteiger partial charge >= 0.3 is 5.97 Å². The van der Waals surface area contributed by atoms with Crippen molar-refractivity contribution in [1.29, 1.82) is 0 Å². The summed E-state index contributed by atoms with van der Waals surface area (Å²) in [6.45, 7) is 9.78. The maximum atomic E-state index is 13.7. The third kappa shape index (κ3) is 6.39. The summed E-state index contributed by atoms with van der Waals surface area (Å²) in [5.41, 5.74) is 11.8. The van der Waals surface area contributed by atoms with Crippen molar-refractivity contribution in [2.75, 3.05) is 7.11 Å². The monoisotopic (exact) mass is 658 g/mol. The van der Waals surface area contributed by atoms with Crippen LogP contribution >= 0.6 is 0 Å². The smallest absolute Gasteiger partial charge is 0.403 e. The molecule has 3 aromatic heterocycles. The Morgan fingerprint density at radius 1 is 0.760 bits per heavy atom. The fraction of sp³-hybridized carbons (Fsp3) is 0.200. The van der Waals surface area contributed by atoms with Gasteiger partial charge in [-0.05, 0) is 86.2 Å². The third-order valence-electron chi connectivity index (χ3n) is 9.79. The van der Waals surface area contributed by atoms with E-state index in [1.165, 1.54) is 40.3 Å². The fourth-order valence-corrected chi connectivity index (χ4v) is 7.22. The van der Waals surface area contributed by atoms with Gasteiger partial charge in [0, 0.05) is 53.4 Å². The maximum absolute atomic E-state index is 13.7. The first kappa shape index (κ1) is 32.8. The molecule has 0 N–H and O–H groups in total. The summed E-state index contributed by atoms with van der Waals surface area (Å²) < 4.78 is 12.3. The molecule has 0 radical (unpaired) electrons. The number of pyridine rings is 3. The van der Waals surface area contributed by atoms with Crippen LogP contribution in [0.15, 0.2) is 139 Å². The number of allylic oxidation sites excluding steroid dienone is 4. The number of aryl methyl sites for hydroxylation is 1. The number of carbonyl (C=O) groups excluding carboxylic acids is 1. The Morgan fingerprint density at radius 3 is 2.38 bits per heavy atom. The number of aromatic nitrogens is 3. The number of rotatable bonds is 3. The first-order valence-electron chi connectivity index (χ1n) is 17.4. The van der Waals surface area contributed by atoms with Crippen LogP contribution in [0, 0.1) is 0 Å². The summed E-state index contributed by atoms with van der Waals surface area (Å²) in [7, 11) is 1.47. The summed E-state index contributed by atoms with van der Waals surface area (Å²) in [6.07, 6.45) is 9.43. The minimum absolute atomic E-state index is 0.152. The Labute approximate surface area is 295 Å². The molecule has 1 unspecified atom stereocenters. The van der Waals surface area contributed by atoms with Crippen LogP contribution in [0.3, 0.4) is 0 Å². The van der Waals surface area contributed by atoms with Crippen molar-refractivity contribution in [3.63, 3.8) is 0 Å². The van der Waals surface area contributed by atoms with E-state index in [1.54, 1.807) is 0 Å². The second-order valence-corrected chi connectivity index (χ2v) is 13.5. The highest BCUT2D eigenvalue weighted by atomic mass is 16.5. The lowest BCUT2D eigenvalue weighted by Gasteiger charge is -2.15. The molecule has 0 saturated carbocycles. The molecule has 5 heteroatoms. The van der Waals surface area contributed by atoms with E-state index in [4.69, 9.17) is 4.74 Å². The molecule has 6 aromatic rings. The number of benzene rings is 3. The highest BCUT2D eigenvalue weighted by Crippen LogP contribution is 2.31. The first-order chi connectivity index (χ1) is 24.3. The quantitative estimate of drug-likeness (QED) is 0.108. The number of carbonyl (C=O) groups is 1. The van der Waals surface area contributed by atoms with Crippen LogP contribution in [0.5, 0.6) is 0 Å². The molecule has 0 fully saturated rings. The van der Waals surface area contributed by atoms with E-state index in [9.17, 15) is 4.79 Å². The zero-order valence-corrected chi connectivity index (χ0v) is 29.6. The van der Waals surface area contributed by atoms with Crippen molar-refractivity contribution in [2.24, 2.45) is 0 Å². The molecule has 50 heavy (non-hydrogen) atoms. The van der Waals surface area contributed by atoms with Gasteiger partial charge in [0.25, 0.3) is 5.69 Å². The molecule has 2 bridgehead atoms. The zero-order valence-electron chi connectivity index (χ0n) is 29.6. The van der Waals surface area contributed by atoms with Crippen molar-refractivity contribution in [2.45, 2.75) is 53.2 Å². The minimum atomic E-state index is -0.354. The maximum Gasteiger partial charge on any atom is 0.403 e. The average Bonchev–Trinajstić information content (AvgIpc) is 3.15. The number of methoxy groups -OCH3 is 1. The predicted molar refractivity (Wildman–Crippen MR) is 200 cm³/mol. The SMILES string of the molecule is COC(=O)c1cc(C(C)=CC=C(C)C)cc2[n+]1CC[n+]1ccc3ccccc3c1-c1cccc(c1)-c1cccc[n+]1C(C)Cc1ccccc1-2. The topological polar surface area (TPSA) is 37.9 Å². The van der Waals surface area contributed by atoms with Crippen molar-refractivity contribution < 1.29 is 23.2 Å². The summed E-state index contributed by atoms with van der Waals surface area (Å²) >= 11 is 0. The lowest BCUT2D eigenvalue weighted by atomic mass is 9.95. The molecule has 5 nitrogen and oxygen atoms in total. The lowest BCUT2D eigenvalue weighted by Crippen LogP contribution is -2.50. The first-order valence-corrected chi connectivity index (χ1v) is 17.4. The predicted octanol–water partition coefficient (Wildman–Crippen LogP) is 8.68.